The lowest BCUT2D eigenvalue weighted by Crippen LogP contribution is -2.24. The summed E-state index contributed by atoms with van der Waals surface area (Å²) in [7, 11) is 0. The highest BCUT2D eigenvalue weighted by Gasteiger charge is 2.12. The van der Waals surface area contributed by atoms with Crippen molar-refractivity contribution in [2.24, 2.45) is 0 Å². The summed E-state index contributed by atoms with van der Waals surface area (Å²) >= 11 is 0. The van der Waals surface area contributed by atoms with Crippen LogP contribution in [0.15, 0.2) is 54.6 Å². The highest BCUT2D eigenvalue weighted by molar-refractivity contribution is 5.33. The smallest absolute Gasteiger partial charge is 0.269 e. The maximum absolute atomic E-state index is 10.6. The Hall–Kier alpha value is -2.24. The van der Waals surface area contributed by atoms with Crippen LogP contribution < -0.4 is 5.32 Å². The van der Waals surface area contributed by atoms with Crippen molar-refractivity contribution in [1.29, 1.82) is 0 Å². The maximum atomic E-state index is 10.6. The van der Waals surface area contributed by atoms with Crippen LogP contribution >= 0.6 is 0 Å². The molecule has 0 saturated heterocycles. The van der Waals surface area contributed by atoms with Gasteiger partial charge in [0.25, 0.3) is 5.69 Å². The predicted octanol–water partition coefficient (Wildman–Crippen LogP) is 2.98. The summed E-state index contributed by atoms with van der Waals surface area (Å²) in [5.41, 5.74) is 1.83. The van der Waals surface area contributed by atoms with E-state index in [4.69, 9.17) is 0 Å². The second kappa shape index (κ2) is 6.97. The Bertz CT molecular complexity index is 584. The molecule has 0 spiro atoms. The summed E-state index contributed by atoms with van der Waals surface area (Å²) in [6.45, 7) is 2.41. The maximum Gasteiger partial charge on any atom is 0.269 e. The van der Waals surface area contributed by atoms with E-state index in [9.17, 15) is 15.2 Å². The van der Waals surface area contributed by atoms with Crippen LogP contribution in [0.3, 0.4) is 0 Å². The van der Waals surface area contributed by atoms with Crippen molar-refractivity contribution < 1.29 is 10.0 Å². The molecule has 0 radical (unpaired) electrons. The Labute approximate surface area is 123 Å². The molecule has 0 heterocycles. The zero-order valence-corrected chi connectivity index (χ0v) is 11.8. The van der Waals surface area contributed by atoms with E-state index >= 15 is 0 Å². The number of nitrogens with one attached hydrogen (secondary N) is 1. The molecule has 2 atom stereocenters. The van der Waals surface area contributed by atoms with E-state index in [0.717, 1.165) is 5.56 Å². The summed E-state index contributed by atoms with van der Waals surface area (Å²) in [6.07, 6.45) is -0.697. The van der Waals surface area contributed by atoms with Gasteiger partial charge in [0.2, 0.25) is 0 Å². The molecular formula is C16H18N2O3. The Kier molecular flexibility index (Phi) is 5.03. The molecule has 0 aliphatic carbocycles. The third-order valence-corrected chi connectivity index (χ3v) is 3.41. The highest BCUT2D eigenvalue weighted by atomic mass is 16.6. The molecule has 0 aromatic heterocycles. The first-order chi connectivity index (χ1) is 10.1. The normalized spacial score (nSPS) is 13.6. The number of aliphatic hydroxyl groups is 1. The lowest BCUT2D eigenvalue weighted by molar-refractivity contribution is -0.384. The van der Waals surface area contributed by atoms with E-state index in [1.807, 2.05) is 37.3 Å². The summed E-state index contributed by atoms with van der Waals surface area (Å²) in [5, 5.41) is 23.9. The molecule has 0 fully saturated rings. The summed E-state index contributed by atoms with van der Waals surface area (Å²) in [5.74, 6) is 0. The van der Waals surface area contributed by atoms with E-state index in [1.54, 1.807) is 12.1 Å². The van der Waals surface area contributed by atoms with Gasteiger partial charge in [-0.05, 0) is 30.2 Å². The number of hydrogen-bond acceptors (Lipinski definition) is 4. The molecule has 110 valence electrons. The Morgan fingerprint density at radius 1 is 1.10 bits per heavy atom. The first-order valence-corrected chi connectivity index (χ1v) is 6.78. The van der Waals surface area contributed by atoms with E-state index in [1.165, 1.54) is 12.1 Å². The third-order valence-electron chi connectivity index (χ3n) is 3.41. The molecule has 0 aliphatic heterocycles. The Morgan fingerprint density at radius 2 is 1.71 bits per heavy atom. The van der Waals surface area contributed by atoms with Gasteiger partial charge in [-0.25, -0.2) is 0 Å². The van der Waals surface area contributed by atoms with Crippen LogP contribution in [-0.4, -0.2) is 16.6 Å². The number of nitro groups is 1. The molecule has 0 aliphatic rings. The second-order valence-corrected chi connectivity index (χ2v) is 4.91. The molecule has 21 heavy (non-hydrogen) atoms. The topological polar surface area (TPSA) is 75.4 Å². The molecule has 0 amide bonds. The van der Waals surface area contributed by atoms with Crippen LogP contribution in [-0.2, 0) is 0 Å². The van der Waals surface area contributed by atoms with Crippen LogP contribution in [0.1, 0.15) is 30.2 Å². The third kappa shape index (κ3) is 4.11. The number of nitrogens with zero attached hydrogens (tertiary/aromatic N) is 1. The van der Waals surface area contributed by atoms with Gasteiger partial charge >= 0.3 is 0 Å². The lowest BCUT2D eigenvalue weighted by atomic mass is 10.1. The van der Waals surface area contributed by atoms with Crippen LogP contribution in [0.25, 0.3) is 0 Å². The van der Waals surface area contributed by atoms with E-state index in [2.05, 4.69) is 5.32 Å². The van der Waals surface area contributed by atoms with Gasteiger partial charge in [-0.15, -0.1) is 0 Å². The Balaban J connectivity index is 1.92. The van der Waals surface area contributed by atoms with Gasteiger partial charge in [0.05, 0.1) is 11.0 Å². The molecule has 2 rings (SSSR count). The fourth-order valence-corrected chi connectivity index (χ4v) is 2.08. The van der Waals surface area contributed by atoms with Crippen molar-refractivity contribution in [3.8, 4) is 0 Å². The first kappa shape index (κ1) is 15.2. The Morgan fingerprint density at radius 3 is 2.29 bits per heavy atom. The highest BCUT2D eigenvalue weighted by Crippen LogP contribution is 2.18. The molecule has 5 nitrogen and oxygen atoms in total. The molecule has 5 heteroatoms. The van der Waals surface area contributed by atoms with Crippen LogP contribution in [0.2, 0.25) is 0 Å². The molecule has 2 N–H and O–H groups in total. The SMILES string of the molecule is C[C@H](NC[C@H](O)c1ccc([N+](=O)[O-])cc1)c1ccccc1. The number of hydrogen-bond donors (Lipinski definition) is 2. The monoisotopic (exact) mass is 286 g/mol. The van der Waals surface area contributed by atoms with Crippen molar-refractivity contribution in [3.05, 3.63) is 75.8 Å². The minimum atomic E-state index is -0.697. The average Bonchev–Trinajstić information content (AvgIpc) is 2.53. The number of non-ortho nitro benzene ring substituents is 1. The molecule has 0 unspecified atom stereocenters. The quantitative estimate of drug-likeness (QED) is 0.632. The standard InChI is InChI=1S/C16H18N2O3/c1-12(13-5-3-2-4-6-13)17-11-16(19)14-7-9-15(10-8-14)18(20)21/h2-10,12,16-17,19H,11H2,1H3/t12-,16-/m0/s1. The van der Waals surface area contributed by atoms with Gasteiger partial charge in [0.1, 0.15) is 0 Å². The molecular weight excluding hydrogens is 268 g/mol. The molecule has 2 aromatic carbocycles. The minimum absolute atomic E-state index is 0.0246. The minimum Gasteiger partial charge on any atom is -0.387 e. The van der Waals surface area contributed by atoms with Gasteiger partial charge in [0.15, 0.2) is 0 Å². The van der Waals surface area contributed by atoms with E-state index in [0.29, 0.717) is 12.1 Å². The molecule has 0 bridgehead atoms. The van der Waals surface area contributed by atoms with Gasteiger partial charge in [-0.2, -0.15) is 0 Å². The van der Waals surface area contributed by atoms with Gasteiger partial charge in [-0.3, -0.25) is 10.1 Å². The number of nitro benzene ring substituents is 1. The second-order valence-electron chi connectivity index (χ2n) is 4.91. The van der Waals surface area contributed by atoms with Crippen LogP contribution in [0, 0.1) is 10.1 Å². The molecule has 0 saturated carbocycles. The zero-order chi connectivity index (χ0) is 15.2. The summed E-state index contributed by atoms with van der Waals surface area (Å²) in [6, 6.07) is 16.0. The predicted molar refractivity (Wildman–Crippen MR) is 80.9 cm³/mol. The van der Waals surface area contributed by atoms with Gasteiger partial charge in [-0.1, -0.05) is 30.3 Å². The van der Waals surface area contributed by atoms with Gasteiger partial charge in [0, 0.05) is 24.7 Å². The van der Waals surface area contributed by atoms with Crippen LogP contribution in [0.5, 0.6) is 0 Å². The van der Waals surface area contributed by atoms with Crippen molar-refractivity contribution in [3.63, 3.8) is 0 Å². The zero-order valence-electron chi connectivity index (χ0n) is 11.8. The van der Waals surface area contributed by atoms with Crippen LogP contribution in [0.4, 0.5) is 5.69 Å². The average molecular weight is 286 g/mol. The van der Waals surface area contributed by atoms with E-state index in [-0.39, 0.29) is 11.7 Å². The lowest BCUT2D eigenvalue weighted by Gasteiger charge is -2.17. The van der Waals surface area contributed by atoms with E-state index < -0.39 is 11.0 Å². The summed E-state index contributed by atoms with van der Waals surface area (Å²) < 4.78 is 0. The number of aliphatic hydroxyl groups excluding tert-OH is 1. The van der Waals surface area contributed by atoms with Gasteiger partial charge < -0.3 is 10.4 Å². The first-order valence-electron chi connectivity index (χ1n) is 6.78. The fourth-order valence-electron chi connectivity index (χ4n) is 2.08. The van der Waals surface area contributed by atoms with Crippen molar-refractivity contribution >= 4 is 5.69 Å². The fraction of sp³-hybridized carbons (Fsp3) is 0.250. The number of rotatable bonds is 6. The number of benzene rings is 2. The summed E-state index contributed by atoms with van der Waals surface area (Å²) in [4.78, 5) is 10.1. The largest absolute Gasteiger partial charge is 0.387 e. The van der Waals surface area contributed by atoms with Crippen molar-refractivity contribution in [2.45, 2.75) is 19.1 Å². The van der Waals surface area contributed by atoms with Crippen molar-refractivity contribution in [1.82, 2.24) is 5.32 Å². The van der Waals surface area contributed by atoms with Crippen molar-refractivity contribution in [2.75, 3.05) is 6.54 Å². The molecule has 2 aromatic rings.